The van der Waals surface area contributed by atoms with Crippen molar-refractivity contribution in [2.24, 2.45) is 27.0 Å². The average Bonchev–Trinajstić information content (AvgIpc) is 1.57. The average molecular weight is 1180 g/mol. The number of furan rings is 3. The van der Waals surface area contributed by atoms with Gasteiger partial charge in [-0.25, -0.2) is 28.7 Å². The Morgan fingerprint density at radius 3 is 1.11 bits per heavy atom. The summed E-state index contributed by atoms with van der Waals surface area (Å²) in [7, 11) is 6.03. The predicted molar refractivity (Wildman–Crippen MR) is 362 cm³/mol. The lowest BCUT2D eigenvalue weighted by atomic mass is 9.98. The highest BCUT2D eigenvalue weighted by atomic mass is 16.3. The van der Waals surface area contributed by atoms with E-state index in [0.29, 0.717) is 28.3 Å². The van der Waals surface area contributed by atoms with Crippen molar-refractivity contribution in [3.8, 4) is 67.2 Å². The van der Waals surface area contributed by atoms with Gasteiger partial charge in [-0.15, -0.1) is 0 Å². The van der Waals surface area contributed by atoms with Crippen LogP contribution in [-0.2, 0) is 27.6 Å². The molecule has 0 saturated carbocycles. The van der Waals surface area contributed by atoms with Crippen molar-refractivity contribution in [2.75, 3.05) is 0 Å². The molecule has 438 valence electrons. The molecule has 9 nitrogen and oxygen atoms in total. The molecule has 0 N–H and O–H groups in total. The Hall–Kier alpha value is -10.4. The number of aromatic nitrogens is 6. The van der Waals surface area contributed by atoms with Crippen molar-refractivity contribution in [3.63, 3.8) is 0 Å². The number of pyridine rings is 6. The first kappa shape index (κ1) is 45.9. The summed E-state index contributed by atoms with van der Waals surface area (Å²) in [6, 6.07) is 58.9. The van der Waals surface area contributed by atoms with Crippen LogP contribution in [0, 0.1) is 33.5 Å². The minimum absolute atomic E-state index is 0.173. The standard InChI is InChI=1S/C28H27N2O.C27H25N2O.C25H21N2O/c1-18(2)16-20-8-10-21(11-9-20)22-12-14-25(30(4)17-22)26-19(3)7-13-23-24-6-5-15-29-28(24)31-27(23)26;1-17(2)19-8-10-20(11-9-19)21-12-14-24(29(4)16-21)25-18(3)7-13-22-23-6-5-15-28-27(23)30-26(22)25;1-16-6-9-18(10-7-16)19-11-13-22(27(3)15-19)23-17(2)8-12-20-21-5-4-14-26-25(21)28-24(20)23/h5-15,17-18H,16H2,1-4H3;5-17H,1-4H3;4-15H,1-3H3/q3*+1/i1D3,18D;1D3,17D;1D3. The summed E-state index contributed by atoms with van der Waals surface area (Å²) >= 11 is 0. The van der Waals surface area contributed by atoms with E-state index in [2.05, 4.69) is 129 Å². The van der Waals surface area contributed by atoms with Crippen LogP contribution in [0.1, 0.15) is 81.9 Å². The third kappa shape index (κ3) is 11.3. The van der Waals surface area contributed by atoms with Gasteiger partial charge in [-0.2, -0.15) is 0 Å². The highest BCUT2D eigenvalue weighted by Gasteiger charge is 2.25. The molecule has 9 heterocycles. The summed E-state index contributed by atoms with van der Waals surface area (Å²) < 4.78 is 110. The smallest absolute Gasteiger partial charge is 0.227 e. The molecule has 0 aliphatic rings. The minimum atomic E-state index is -2.40. The van der Waals surface area contributed by atoms with Gasteiger partial charge in [-0.3, -0.25) is 0 Å². The van der Waals surface area contributed by atoms with E-state index < -0.39 is 32.3 Å². The first-order chi connectivity index (χ1) is 47.4. The highest BCUT2D eigenvalue weighted by Crippen LogP contribution is 2.40. The Bertz CT molecular complexity index is 5620. The predicted octanol–water partition coefficient (Wildman–Crippen LogP) is 19.0. The summed E-state index contributed by atoms with van der Waals surface area (Å²) in [5.74, 6) is -3.18. The Morgan fingerprint density at radius 1 is 0.404 bits per heavy atom. The van der Waals surface area contributed by atoms with Gasteiger partial charge in [0.15, 0.2) is 35.3 Å². The molecule has 0 bridgehead atoms. The molecule has 0 amide bonds. The molecule has 89 heavy (non-hydrogen) atoms. The molecular weight excluding hydrogens is 1090 g/mol. The Kier molecular flexibility index (Phi) is 12.4. The number of fused-ring (bicyclic) bond motifs is 9. The second-order valence-corrected chi connectivity index (χ2v) is 23.0. The molecule has 0 radical (unpaired) electrons. The van der Waals surface area contributed by atoms with Gasteiger partial charge in [0.25, 0.3) is 0 Å². The third-order valence-corrected chi connectivity index (χ3v) is 16.7. The maximum atomic E-state index is 8.30. The van der Waals surface area contributed by atoms with Crippen molar-refractivity contribution in [1.29, 1.82) is 0 Å². The van der Waals surface area contributed by atoms with Crippen LogP contribution < -0.4 is 13.7 Å². The fourth-order valence-electron chi connectivity index (χ4n) is 12.1. The van der Waals surface area contributed by atoms with E-state index in [0.717, 1.165) is 138 Å². The van der Waals surface area contributed by atoms with E-state index in [1.165, 1.54) is 13.8 Å². The normalized spacial score (nSPS) is 15.1. The molecule has 2 atom stereocenters. The third-order valence-electron chi connectivity index (χ3n) is 16.7. The van der Waals surface area contributed by atoms with Crippen molar-refractivity contribution in [3.05, 3.63) is 253 Å². The van der Waals surface area contributed by atoms with Gasteiger partial charge in [0, 0.05) is 101 Å². The molecule has 0 spiro atoms. The molecule has 0 saturated heterocycles. The van der Waals surface area contributed by atoms with Crippen LogP contribution in [0.5, 0.6) is 0 Å². The van der Waals surface area contributed by atoms with Crippen LogP contribution in [-0.4, -0.2) is 15.0 Å². The lowest BCUT2D eigenvalue weighted by Crippen LogP contribution is -2.31. The van der Waals surface area contributed by atoms with E-state index in [-0.39, 0.29) is 6.42 Å². The van der Waals surface area contributed by atoms with Gasteiger partial charge in [-0.05, 0) is 145 Å². The largest absolute Gasteiger partial charge is 0.437 e. The zero-order valence-corrected chi connectivity index (χ0v) is 50.9. The van der Waals surface area contributed by atoms with Crippen molar-refractivity contribution >= 4 is 66.2 Å². The molecule has 0 fully saturated rings. The van der Waals surface area contributed by atoms with Crippen molar-refractivity contribution in [2.45, 2.75) is 67.5 Å². The lowest BCUT2D eigenvalue weighted by Gasteiger charge is -2.09. The fraction of sp³-hybridized carbons (Fsp3) is 0.175. The quantitative estimate of drug-likeness (QED) is 0.134. The van der Waals surface area contributed by atoms with Gasteiger partial charge < -0.3 is 13.3 Å². The lowest BCUT2D eigenvalue weighted by molar-refractivity contribution is -0.660. The zero-order valence-electron chi connectivity index (χ0n) is 61.9. The van der Waals surface area contributed by atoms with E-state index >= 15 is 0 Å². The maximum Gasteiger partial charge on any atom is 0.227 e. The van der Waals surface area contributed by atoms with Gasteiger partial charge in [0.1, 0.15) is 21.1 Å². The summed E-state index contributed by atoms with van der Waals surface area (Å²) in [6.45, 7) is 2.32. The molecule has 0 aliphatic heterocycles. The van der Waals surface area contributed by atoms with Gasteiger partial charge >= 0.3 is 0 Å². The number of aryl methyl sites for hydroxylation is 7. The topological polar surface area (TPSA) is 89.7 Å². The summed E-state index contributed by atoms with van der Waals surface area (Å²) in [5.41, 5.74) is 21.6. The molecule has 9 aromatic heterocycles. The van der Waals surface area contributed by atoms with E-state index in [1.54, 1.807) is 42.9 Å². The maximum absolute atomic E-state index is 8.30. The summed E-state index contributed by atoms with van der Waals surface area (Å²) in [6.07, 6.45) is 11.6. The first-order valence-electron chi connectivity index (χ1n) is 35.1. The van der Waals surface area contributed by atoms with Crippen LogP contribution in [0.15, 0.2) is 232 Å². The molecule has 9 heteroatoms. The number of benzene rings is 6. The van der Waals surface area contributed by atoms with Gasteiger partial charge in [-0.1, -0.05) is 142 Å². The Labute approximate surface area is 535 Å². The van der Waals surface area contributed by atoms with Crippen molar-refractivity contribution in [1.82, 2.24) is 15.0 Å². The van der Waals surface area contributed by atoms with Crippen LogP contribution in [0.3, 0.4) is 0 Å². The molecule has 6 aromatic carbocycles. The second kappa shape index (κ2) is 24.1. The number of nitrogens with zero attached hydrogens (tertiary/aromatic N) is 6. The molecule has 15 aromatic rings. The number of rotatable bonds is 9. The number of hydrogen-bond acceptors (Lipinski definition) is 6. The van der Waals surface area contributed by atoms with Crippen LogP contribution >= 0.6 is 0 Å². The zero-order chi connectivity index (χ0) is 71.0. The fourth-order valence-corrected chi connectivity index (χ4v) is 12.1. The van der Waals surface area contributed by atoms with Gasteiger partial charge in [0.2, 0.25) is 34.2 Å². The van der Waals surface area contributed by atoms with E-state index in [9.17, 15) is 0 Å². The van der Waals surface area contributed by atoms with Crippen LogP contribution in [0.25, 0.3) is 133 Å². The SMILES string of the molecule is [2H]C([2H])([2H])C([2H])(C)Cc1ccc(-c2ccc(-c3c(C)ccc4c3oc3ncccc34)[n+](C)c2)cc1.[2H]C([2H])([2H])C([2H])(C)c1ccc(-c2ccc(-c3c(C)ccc4c3oc3ncccc34)[n+](C)c2)cc1.[2H]C([2H])([2H])c1ccc(-c2ccc(-c3c(C)ccc4c3oc3ncccc34)[n+](C)c2)cc1. The Morgan fingerprint density at radius 2 is 0.764 bits per heavy atom. The Balaban J connectivity index is 0.000000135. The van der Waals surface area contributed by atoms with E-state index in [4.69, 9.17) is 28.3 Å². The molecule has 2 unspecified atom stereocenters. The van der Waals surface area contributed by atoms with E-state index in [1.807, 2.05) is 118 Å². The number of hydrogen-bond donors (Lipinski definition) is 0. The molecule has 15 rings (SSSR count). The highest BCUT2D eigenvalue weighted by molar-refractivity contribution is 6.11. The second-order valence-electron chi connectivity index (χ2n) is 23.0. The van der Waals surface area contributed by atoms with Crippen LogP contribution in [0.2, 0.25) is 0 Å². The molecular formula is C80H73N6O3+3. The van der Waals surface area contributed by atoms with Crippen molar-refractivity contribution < 1.29 is 42.0 Å². The summed E-state index contributed by atoms with van der Waals surface area (Å²) in [5, 5.41) is 6.14. The van der Waals surface area contributed by atoms with Crippen LogP contribution in [0.4, 0.5) is 0 Å². The minimum Gasteiger partial charge on any atom is -0.437 e. The summed E-state index contributed by atoms with van der Waals surface area (Å²) in [4.78, 5) is 13.1. The monoisotopic (exact) mass is 1180 g/mol. The van der Waals surface area contributed by atoms with Gasteiger partial charge in [0.05, 0.1) is 16.7 Å². The first-order valence-corrected chi connectivity index (χ1v) is 29.6. The molecule has 0 aliphatic carbocycles.